The van der Waals surface area contributed by atoms with E-state index in [1.807, 2.05) is 35.2 Å². The highest BCUT2D eigenvalue weighted by atomic mass is 32.2. The average Bonchev–Trinajstić information content (AvgIpc) is 3.08. The summed E-state index contributed by atoms with van der Waals surface area (Å²) in [5, 5.41) is 2.55. The third kappa shape index (κ3) is 4.16. The molecule has 120 valence electrons. The molecule has 1 saturated heterocycles. The van der Waals surface area contributed by atoms with Gasteiger partial charge in [0.05, 0.1) is 11.6 Å². The first-order valence-electron chi connectivity index (χ1n) is 7.32. The van der Waals surface area contributed by atoms with Crippen molar-refractivity contribution < 1.29 is 13.9 Å². The summed E-state index contributed by atoms with van der Waals surface area (Å²) in [7, 11) is 0. The Morgan fingerprint density at radius 2 is 2.09 bits per heavy atom. The maximum atomic E-state index is 14.2. The Morgan fingerprint density at radius 3 is 2.78 bits per heavy atom. The highest BCUT2D eigenvalue weighted by Crippen LogP contribution is 2.27. The minimum atomic E-state index is -0.599. The summed E-state index contributed by atoms with van der Waals surface area (Å²) in [5.41, 5.74) is 1.85. The van der Waals surface area contributed by atoms with Crippen LogP contribution in [0.2, 0.25) is 0 Å². The fourth-order valence-electron chi connectivity index (χ4n) is 2.32. The topological polar surface area (TPSA) is 41.6 Å². The Morgan fingerprint density at radius 1 is 1.26 bits per heavy atom. The van der Waals surface area contributed by atoms with Crippen LogP contribution in [0.5, 0.6) is 0 Å². The normalized spacial score (nSPS) is 13.9. The zero-order chi connectivity index (χ0) is 16.1. The molecule has 1 heterocycles. The first kappa shape index (κ1) is 15.7. The monoisotopic (exact) mass is 332 g/mol. The molecule has 0 unspecified atom stereocenters. The lowest BCUT2D eigenvalue weighted by Crippen LogP contribution is -2.19. The quantitative estimate of drug-likeness (QED) is 0.916. The molecular weight excluding hydrogens is 315 g/mol. The molecule has 0 atom stereocenters. The molecule has 23 heavy (non-hydrogen) atoms. The molecule has 0 spiro atoms. The van der Waals surface area contributed by atoms with Gasteiger partial charge in [-0.2, -0.15) is 0 Å². The Hall–Kier alpha value is -2.21. The summed E-state index contributed by atoms with van der Waals surface area (Å²) in [6.07, 6.45) is -0.599. The number of carbonyl (C=O) groups excluding carboxylic acids is 1. The van der Waals surface area contributed by atoms with E-state index < -0.39 is 6.09 Å². The molecule has 0 aromatic heterocycles. The number of nitrogens with one attached hydrogen (secondary N) is 1. The summed E-state index contributed by atoms with van der Waals surface area (Å²) in [4.78, 5) is 13.8. The first-order chi connectivity index (χ1) is 11.2. The summed E-state index contributed by atoms with van der Waals surface area (Å²) >= 11 is 1.77. The lowest BCUT2D eigenvalue weighted by Gasteiger charge is -2.18. The van der Waals surface area contributed by atoms with Gasteiger partial charge in [-0.15, -0.1) is 11.8 Å². The third-order valence-electron chi connectivity index (χ3n) is 3.50. The van der Waals surface area contributed by atoms with Crippen molar-refractivity contribution in [2.75, 3.05) is 28.4 Å². The van der Waals surface area contributed by atoms with Crippen LogP contribution in [-0.2, 0) is 11.3 Å². The van der Waals surface area contributed by atoms with Gasteiger partial charge in [0, 0.05) is 18.0 Å². The molecule has 3 rings (SSSR count). The number of thioether (sulfide) groups is 1. The van der Waals surface area contributed by atoms with Crippen molar-refractivity contribution in [1.82, 2.24) is 0 Å². The fraction of sp³-hybridized carbons (Fsp3) is 0.235. The Labute approximate surface area is 138 Å². The van der Waals surface area contributed by atoms with Crippen LogP contribution in [-0.4, -0.2) is 24.3 Å². The standard InChI is InChI=1S/C17H17FN2O2S/c18-15-10-14(6-7-16(15)20-8-9-23-12-20)19-17(21)22-11-13-4-2-1-3-5-13/h1-7,10H,8-9,11-12H2,(H,19,21). The van der Waals surface area contributed by atoms with Gasteiger partial charge in [0.2, 0.25) is 0 Å². The number of hydrogen-bond acceptors (Lipinski definition) is 4. The van der Waals surface area contributed by atoms with Crippen molar-refractivity contribution in [2.45, 2.75) is 6.61 Å². The van der Waals surface area contributed by atoms with E-state index in [0.29, 0.717) is 11.4 Å². The lowest BCUT2D eigenvalue weighted by molar-refractivity contribution is 0.155. The van der Waals surface area contributed by atoms with E-state index in [-0.39, 0.29) is 12.4 Å². The van der Waals surface area contributed by atoms with Gasteiger partial charge < -0.3 is 9.64 Å². The summed E-state index contributed by atoms with van der Waals surface area (Å²) in [6.45, 7) is 1.02. The highest BCUT2D eigenvalue weighted by molar-refractivity contribution is 7.99. The van der Waals surface area contributed by atoms with Gasteiger partial charge in [-0.3, -0.25) is 5.32 Å². The van der Waals surface area contributed by atoms with Gasteiger partial charge in [0.15, 0.2) is 0 Å². The molecule has 1 fully saturated rings. The molecule has 0 bridgehead atoms. The first-order valence-corrected chi connectivity index (χ1v) is 8.48. The van der Waals surface area contributed by atoms with Crippen LogP contribution in [0.1, 0.15) is 5.56 Å². The van der Waals surface area contributed by atoms with Crippen molar-refractivity contribution in [2.24, 2.45) is 0 Å². The van der Waals surface area contributed by atoms with Crippen LogP contribution in [0.3, 0.4) is 0 Å². The Bertz CT molecular complexity index is 676. The van der Waals surface area contributed by atoms with Crippen LogP contribution in [0.15, 0.2) is 48.5 Å². The molecule has 1 aliphatic heterocycles. The molecule has 1 aliphatic rings. The van der Waals surface area contributed by atoms with Crippen molar-refractivity contribution in [3.63, 3.8) is 0 Å². The van der Waals surface area contributed by atoms with E-state index in [1.54, 1.807) is 23.9 Å². The van der Waals surface area contributed by atoms with E-state index >= 15 is 0 Å². The highest BCUT2D eigenvalue weighted by Gasteiger charge is 2.17. The Kier molecular flexibility index (Phi) is 5.02. The minimum absolute atomic E-state index is 0.179. The second-order valence-corrected chi connectivity index (χ2v) is 6.23. The van der Waals surface area contributed by atoms with Crippen LogP contribution in [0.4, 0.5) is 20.6 Å². The van der Waals surface area contributed by atoms with Crippen molar-refractivity contribution >= 4 is 29.2 Å². The zero-order valence-electron chi connectivity index (χ0n) is 12.5. The molecule has 1 N–H and O–H groups in total. The number of nitrogens with zero attached hydrogens (tertiary/aromatic N) is 1. The van der Waals surface area contributed by atoms with E-state index in [2.05, 4.69) is 5.32 Å². The fourth-order valence-corrected chi connectivity index (χ4v) is 3.29. The molecule has 4 nitrogen and oxygen atoms in total. The van der Waals surface area contributed by atoms with Crippen LogP contribution in [0, 0.1) is 5.82 Å². The molecule has 2 aromatic carbocycles. The van der Waals surface area contributed by atoms with Gasteiger partial charge in [0.1, 0.15) is 12.4 Å². The van der Waals surface area contributed by atoms with Gasteiger partial charge in [0.25, 0.3) is 0 Å². The maximum absolute atomic E-state index is 14.2. The number of ether oxygens (including phenoxy) is 1. The number of halogens is 1. The number of rotatable bonds is 4. The average molecular weight is 332 g/mol. The van der Waals surface area contributed by atoms with Gasteiger partial charge in [-0.1, -0.05) is 30.3 Å². The molecule has 1 amide bonds. The third-order valence-corrected chi connectivity index (χ3v) is 4.47. The number of carbonyl (C=O) groups is 1. The second kappa shape index (κ2) is 7.37. The van der Waals surface area contributed by atoms with E-state index in [9.17, 15) is 9.18 Å². The summed E-state index contributed by atoms with van der Waals surface area (Å²) < 4.78 is 19.3. The lowest BCUT2D eigenvalue weighted by atomic mass is 10.2. The number of hydrogen-bond donors (Lipinski definition) is 1. The SMILES string of the molecule is O=C(Nc1ccc(N2CCSC2)c(F)c1)OCc1ccccc1. The van der Waals surface area contributed by atoms with Gasteiger partial charge in [-0.05, 0) is 23.8 Å². The number of benzene rings is 2. The van der Waals surface area contributed by atoms with Crippen LogP contribution in [0.25, 0.3) is 0 Å². The predicted octanol–water partition coefficient (Wildman–Crippen LogP) is 4.09. The largest absolute Gasteiger partial charge is 0.444 e. The molecule has 2 aromatic rings. The molecule has 0 radical (unpaired) electrons. The van der Waals surface area contributed by atoms with Gasteiger partial charge in [-0.25, -0.2) is 9.18 Å². The maximum Gasteiger partial charge on any atom is 0.411 e. The molecular formula is C17H17FN2O2S. The summed E-state index contributed by atoms with van der Waals surface area (Å²) in [5.74, 6) is 1.46. The minimum Gasteiger partial charge on any atom is -0.444 e. The number of amides is 1. The summed E-state index contributed by atoms with van der Waals surface area (Å²) in [6, 6.07) is 14.1. The Balaban J connectivity index is 1.57. The predicted molar refractivity (Wildman–Crippen MR) is 91.3 cm³/mol. The van der Waals surface area contributed by atoms with Crippen LogP contribution >= 0.6 is 11.8 Å². The van der Waals surface area contributed by atoms with E-state index in [0.717, 1.165) is 23.7 Å². The van der Waals surface area contributed by atoms with Crippen LogP contribution < -0.4 is 10.2 Å². The van der Waals surface area contributed by atoms with E-state index in [4.69, 9.17) is 4.74 Å². The van der Waals surface area contributed by atoms with Crippen molar-refractivity contribution in [3.05, 3.63) is 59.9 Å². The molecule has 6 heteroatoms. The zero-order valence-corrected chi connectivity index (χ0v) is 13.3. The molecule has 0 saturated carbocycles. The van der Waals surface area contributed by atoms with Crippen molar-refractivity contribution in [1.29, 1.82) is 0 Å². The molecule has 0 aliphatic carbocycles. The smallest absolute Gasteiger partial charge is 0.411 e. The van der Waals surface area contributed by atoms with E-state index in [1.165, 1.54) is 6.07 Å². The van der Waals surface area contributed by atoms with Gasteiger partial charge >= 0.3 is 6.09 Å². The second-order valence-electron chi connectivity index (χ2n) is 5.15. The number of anilines is 2. The van der Waals surface area contributed by atoms with Crippen molar-refractivity contribution in [3.8, 4) is 0 Å².